The number of rotatable bonds is 3. The van der Waals surface area contributed by atoms with E-state index in [1.807, 2.05) is 42.5 Å². The Kier molecular flexibility index (Phi) is 4.09. The highest BCUT2D eigenvalue weighted by Gasteiger charge is 2.44. The van der Waals surface area contributed by atoms with Crippen molar-refractivity contribution in [1.82, 2.24) is 15.0 Å². The zero-order valence-corrected chi connectivity index (χ0v) is 15.4. The van der Waals surface area contributed by atoms with Crippen LogP contribution in [-0.4, -0.2) is 39.6 Å². The van der Waals surface area contributed by atoms with Crippen LogP contribution in [0.4, 0.5) is 11.4 Å². The molecule has 1 aromatic carbocycles. The molecule has 1 spiro atoms. The van der Waals surface area contributed by atoms with Crippen LogP contribution >= 0.6 is 0 Å². The van der Waals surface area contributed by atoms with Crippen molar-refractivity contribution in [2.24, 2.45) is 0 Å². The minimum absolute atomic E-state index is 0.0606. The van der Waals surface area contributed by atoms with Crippen molar-refractivity contribution in [2.75, 3.05) is 23.7 Å². The fourth-order valence-electron chi connectivity index (χ4n) is 3.97. The van der Waals surface area contributed by atoms with Gasteiger partial charge in [0.1, 0.15) is 11.2 Å². The Hall–Kier alpha value is -3.19. The van der Waals surface area contributed by atoms with Gasteiger partial charge in [0.15, 0.2) is 5.76 Å². The summed E-state index contributed by atoms with van der Waals surface area (Å²) in [6, 6.07) is 13.6. The number of fused-ring (bicyclic) bond motifs is 1. The fraction of sp³-hybridized carbons (Fsp3) is 0.286. The number of hydrogen-bond acceptors (Lipinski definition) is 6. The topological polar surface area (TPSA) is 83.3 Å². The van der Waals surface area contributed by atoms with Crippen LogP contribution in [0.2, 0.25) is 0 Å². The quantitative estimate of drug-likeness (QED) is 0.732. The van der Waals surface area contributed by atoms with E-state index in [1.165, 1.54) is 0 Å². The van der Waals surface area contributed by atoms with Crippen LogP contribution < -0.4 is 10.6 Å². The predicted molar refractivity (Wildman–Crippen MR) is 106 cm³/mol. The van der Waals surface area contributed by atoms with Crippen LogP contribution in [0.25, 0.3) is 11.3 Å². The number of carbonyl (C=O) groups excluding carboxylic acids is 1. The summed E-state index contributed by atoms with van der Waals surface area (Å²) < 4.78 is 5.52. The van der Waals surface area contributed by atoms with Gasteiger partial charge < -0.3 is 15.2 Å². The summed E-state index contributed by atoms with van der Waals surface area (Å²) in [6.45, 7) is 2.31. The van der Waals surface area contributed by atoms with Gasteiger partial charge in [0, 0.05) is 37.1 Å². The molecule has 2 aliphatic rings. The zero-order chi connectivity index (χ0) is 19.0. The first-order valence-corrected chi connectivity index (χ1v) is 9.49. The summed E-state index contributed by atoms with van der Waals surface area (Å²) >= 11 is 0. The van der Waals surface area contributed by atoms with Gasteiger partial charge in [-0.05, 0) is 37.1 Å². The van der Waals surface area contributed by atoms with E-state index in [0.29, 0.717) is 6.54 Å². The SMILES string of the molecule is O=C1Nc2ccccc2NC12CCN(Cc1cc(-c3ccncc3)no1)CC2. The van der Waals surface area contributed by atoms with Crippen molar-refractivity contribution in [3.05, 3.63) is 60.6 Å². The van der Waals surface area contributed by atoms with Crippen LogP contribution in [0.3, 0.4) is 0 Å². The van der Waals surface area contributed by atoms with E-state index in [2.05, 4.69) is 25.7 Å². The maximum Gasteiger partial charge on any atom is 0.250 e. The lowest BCUT2D eigenvalue weighted by atomic mass is 9.84. The molecule has 2 N–H and O–H groups in total. The Morgan fingerprint density at radius 2 is 1.82 bits per heavy atom. The average Bonchev–Trinajstić information content (AvgIpc) is 3.20. The molecule has 2 aliphatic heterocycles. The van der Waals surface area contributed by atoms with Gasteiger partial charge in [-0.25, -0.2) is 0 Å². The lowest BCUT2D eigenvalue weighted by Gasteiger charge is -2.44. The van der Waals surface area contributed by atoms with E-state index in [4.69, 9.17) is 4.52 Å². The maximum absolute atomic E-state index is 12.7. The van der Waals surface area contributed by atoms with E-state index in [0.717, 1.165) is 54.3 Å². The molecular formula is C21H21N5O2. The molecule has 5 rings (SSSR count). The number of benzene rings is 1. The molecule has 7 nitrogen and oxygen atoms in total. The number of anilines is 2. The molecule has 0 bridgehead atoms. The fourth-order valence-corrected chi connectivity index (χ4v) is 3.97. The minimum atomic E-state index is -0.533. The van der Waals surface area contributed by atoms with E-state index in [1.54, 1.807) is 12.4 Å². The molecule has 28 heavy (non-hydrogen) atoms. The summed E-state index contributed by atoms with van der Waals surface area (Å²) in [5.41, 5.74) is 3.12. The van der Waals surface area contributed by atoms with Crippen LogP contribution in [0, 0.1) is 0 Å². The maximum atomic E-state index is 12.7. The lowest BCUT2D eigenvalue weighted by Crippen LogP contribution is -2.58. The third kappa shape index (κ3) is 3.03. The smallest absolute Gasteiger partial charge is 0.250 e. The molecule has 4 heterocycles. The summed E-state index contributed by atoms with van der Waals surface area (Å²) in [7, 11) is 0. The Morgan fingerprint density at radius 3 is 2.61 bits per heavy atom. The van der Waals surface area contributed by atoms with Gasteiger partial charge in [0.25, 0.3) is 0 Å². The number of amides is 1. The molecular weight excluding hydrogens is 354 g/mol. The normalized spacial score (nSPS) is 18.4. The third-order valence-electron chi connectivity index (χ3n) is 5.61. The van der Waals surface area contributed by atoms with Crippen LogP contribution in [-0.2, 0) is 11.3 Å². The second-order valence-electron chi connectivity index (χ2n) is 7.40. The largest absolute Gasteiger partial charge is 0.369 e. The highest BCUT2D eigenvalue weighted by molar-refractivity contribution is 6.06. The third-order valence-corrected chi connectivity index (χ3v) is 5.61. The number of carbonyl (C=O) groups is 1. The number of pyridine rings is 1. The van der Waals surface area contributed by atoms with E-state index in [9.17, 15) is 4.79 Å². The van der Waals surface area contributed by atoms with Gasteiger partial charge in [-0.15, -0.1) is 0 Å². The van der Waals surface area contributed by atoms with Crippen LogP contribution in [0.5, 0.6) is 0 Å². The van der Waals surface area contributed by atoms with E-state index < -0.39 is 5.54 Å². The number of hydrogen-bond donors (Lipinski definition) is 2. The number of nitrogens with zero attached hydrogens (tertiary/aromatic N) is 3. The standard InChI is InChI=1S/C21H21N5O2/c27-20-21(24-18-4-2-1-3-17(18)23-20)7-11-26(12-8-21)14-16-13-19(25-28-16)15-5-9-22-10-6-15/h1-6,9-10,13,24H,7-8,11-12,14H2,(H,23,27). The molecule has 2 aromatic heterocycles. The number of piperidine rings is 1. The number of nitrogens with one attached hydrogen (secondary N) is 2. The summed E-state index contributed by atoms with van der Waals surface area (Å²) in [6.07, 6.45) is 4.99. The van der Waals surface area contributed by atoms with Crippen molar-refractivity contribution >= 4 is 17.3 Å². The highest BCUT2D eigenvalue weighted by Crippen LogP contribution is 2.36. The van der Waals surface area contributed by atoms with Crippen molar-refractivity contribution in [3.8, 4) is 11.3 Å². The van der Waals surface area contributed by atoms with Gasteiger partial charge in [-0.3, -0.25) is 14.7 Å². The molecule has 0 atom stereocenters. The molecule has 142 valence electrons. The second-order valence-corrected chi connectivity index (χ2v) is 7.40. The lowest BCUT2D eigenvalue weighted by molar-refractivity contribution is -0.122. The second kappa shape index (κ2) is 6.76. The number of para-hydroxylation sites is 2. The first-order valence-electron chi connectivity index (χ1n) is 9.49. The first kappa shape index (κ1) is 16.9. The molecule has 3 aromatic rings. The minimum Gasteiger partial charge on any atom is -0.369 e. The monoisotopic (exact) mass is 375 g/mol. The van der Waals surface area contributed by atoms with Gasteiger partial charge in [-0.1, -0.05) is 17.3 Å². The van der Waals surface area contributed by atoms with Gasteiger partial charge in [0.05, 0.1) is 17.9 Å². The van der Waals surface area contributed by atoms with Crippen molar-refractivity contribution in [3.63, 3.8) is 0 Å². The highest BCUT2D eigenvalue weighted by atomic mass is 16.5. The Labute approximate surface area is 162 Å². The van der Waals surface area contributed by atoms with Crippen molar-refractivity contribution < 1.29 is 9.32 Å². The van der Waals surface area contributed by atoms with Gasteiger partial charge in [-0.2, -0.15) is 0 Å². The van der Waals surface area contributed by atoms with Crippen molar-refractivity contribution in [1.29, 1.82) is 0 Å². The molecule has 0 saturated carbocycles. The number of likely N-dealkylation sites (tertiary alicyclic amines) is 1. The Balaban J connectivity index is 1.25. The van der Waals surface area contributed by atoms with Crippen LogP contribution in [0.15, 0.2) is 59.4 Å². The number of aromatic nitrogens is 2. The summed E-state index contributed by atoms with van der Waals surface area (Å²) in [4.78, 5) is 19.1. The van der Waals surface area contributed by atoms with Crippen LogP contribution in [0.1, 0.15) is 18.6 Å². The Morgan fingerprint density at radius 1 is 1.07 bits per heavy atom. The molecule has 1 saturated heterocycles. The molecule has 0 radical (unpaired) electrons. The predicted octanol–water partition coefficient (Wildman–Crippen LogP) is 3.14. The van der Waals surface area contributed by atoms with Crippen molar-refractivity contribution in [2.45, 2.75) is 24.9 Å². The van der Waals surface area contributed by atoms with E-state index >= 15 is 0 Å². The van der Waals surface area contributed by atoms with Gasteiger partial charge >= 0.3 is 0 Å². The first-order chi connectivity index (χ1) is 13.7. The zero-order valence-electron chi connectivity index (χ0n) is 15.4. The average molecular weight is 375 g/mol. The molecule has 1 fully saturated rings. The van der Waals surface area contributed by atoms with E-state index in [-0.39, 0.29) is 5.91 Å². The molecule has 0 aliphatic carbocycles. The molecule has 1 amide bonds. The van der Waals surface area contributed by atoms with Gasteiger partial charge in [0.2, 0.25) is 5.91 Å². The summed E-state index contributed by atoms with van der Waals surface area (Å²) in [5, 5.41) is 10.7. The summed E-state index contributed by atoms with van der Waals surface area (Å²) in [5.74, 6) is 0.889. The molecule has 7 heteroatoms. The Bertz CT molecular complexity index is 993. The molecule has 0 unspecified atom stereocenters.